The maximum Gasteiger partial charge on any atom is 0.335 e. The van der Waals surface area contributed by atoms with Crippen LogP contribution < -0.4 is 15.0 Å². The number of hydrogen-bond acceptors (Lipinski definition) is 5. The lowest BCUT2D eigenvalue weighted by molar-refractivity contribution is 0.258. The van der Waals surface area contributed by atoms with Crippen molar-refractivity contribution in [2.75, 3.05) is 17.3 Å². The van der Waals surface area contributed by atoms with Gasteiger partial charge in [-0.25, -0.2) is 4.79 Å². The number of carbonyl (C=O) groups excluding carboxylic acids is 1. The molecule has 0 bridgehead atoms. The number of anilines is 2. The molecule has 0 aliphatic heterocycles. The number of hydrogen-bond donors (Lipinski definition) is 1. The van der Waals surface area contributed by atoms with Gasteiger partial charge in [0, 0.05) is 29.3 Å². The second-order valence-corrected chi connectivity index (χ2v) is 7.49. The van der Waals surface area contributed by atoms with Gasteiger partial charge in [0.1, 0.15) is 5.75 Å². The number of carbonyl (C=O) groups is 1. The summed E-state index contributed by atoms with van der Waals surface area (Å²) in [5.74, 6) is 1.17. The summed E-state index contributed by atoms with van der Waals surface area (Å²) in [5, 5.41) is 3.67. The quantitative estimate of drug-likeness (QED) is 0.611. The molecule has 1 N–H and O–H groups in total. The molecule has 1 saturated carbocycles. The second-order valence-electron chi connectivity index (χ2n) is 6.30. The standard InChI is InChI=1S/C19H17ClN4O2S/c1-24(15-6-2-4-13(10-15)12-8-9-12)19(25)22-18-21-17(23-27-18)26-16-7-3-5-14(20)11-16/h2-7,10-12H,8-9H2,1H3,(H,21,22,23,25). The third-order valence-electron chi connectivity index (χ3n) is 4.24. The summed E-state index contributed by atoms with van der Waals surface area (Å²) in [7, 11) is 1.73. The average Bonchev–Trinajstić information content (AvgIpc) is 3.43. The van der Waals surface area contributed by atoms with Crippen molar-refractivity contribution < 1.29 is 9.53 Å². The summed E-state index contributed by atoms with van der Waals surface area (Å²) in [6.07, 6.45) is 2.44. The molecule has 1 heterocycles. The first kappa shape index (κ1) is 17.8. The Labute approximate surface area is 165 Å². The summed E-state index contributed by atoms with van der Waals surface area (Å²) >= 11 is 6.99. The number of nitrogens with one attached hydrogen (secondary N) is 1. The molecule has 4 rings (SSSR count). The summed E-state index contributed by atoms with van der Waals surface area (Å²) in [4.78, 5) is 18.3. The van der Waals surface area contributed by atoms with Crippen LogP contribution in [0.1, 0.15) is 24.3 Å². The topological polar surface area (TPSA) is 67.4 Å². The molecular weight excluding hydrogens is 384 g/mol. The highest BCUT2D eigenvalue weighted by Crippen LogP contribution is 2.41. The molecule has 8 heteroatoms. The van der Waals surface area contributed by atoms with Gasteiger partial charge >= 0.3 is 12.0 Å². The van der Waals surface area contributed by atoms with Crippen molar-refractivity contribution in [3.8, 4) is 11.8 Å². The highest BCUT2D eigenvalue weighted by atomic mass is 35.5. The molecule has 0 unspecified atom stereocenters. The van der Waals surface area contributed by atoms with E-state index in [1.807, 2.05) is 12.1 Å². The minimum Gasteiger partial charge on any atom is -0.424 e. The first-order valence-corrected chi connectivity index (χ1v) is 9.65. The normalized spacial score (nSPS) is 13.3. The largest absolute Gasteiger partial charge is 0.424 e. The first-order valence-electron chi connectivity index (χ1n) is 8.50. The summed E-state index contributed by atoms with van der Waals surface area (Å²) < 4.78 is 9.66. The van der Waals surface area contributed by atoms with E-state index in [0.717, 1.165) is 17.2 Å². The fourth-order valence-corrected chi connectivity index (χ4v) is 3.31. The molecule has 1 aliphatic carbocycles. The minimum atomic E-state index is -0.284. The van der Waals surface area contributed by atoms with E-state index in [2.05, 4.69) is 26.8 Å². The molecule has 1 fully saturated rings. The lowest BCUT2D eigenvalue weighted by atomic mass is 10.1. The molecule has 27 heavy (non-hydrogen) atoms. The van der Waals surface area contributed by atoms with Crippen molar-refractivity contribution in [1.82, 2.24) is 9.36 Å². The van der Waals surface area contributed by atoms with Crippen LogP contribution in [-0.2, 0) is 0 Å². The van der Waals surface area contributed by atoms with Crippen LogP contribution in [0.3, 0.4) is 0 Å². The lowest BCUT2D eigenvalue weighted by Crippen LogP contribution is -2.31. The van der Waals surface area contributed by atoms with Crippen molar-refractivity contribution in [2.24, 2.45) is 0 Å². The van der Waals surface area contributed by atoms with Gasteiger partial charge in [0.2, 0.25) is 5.13 Å². The summed E-state index contributed by atoms with van der Waals surface area (Å²) in [6, 6.07) is 14.9. The Morgan fingerprint density at radius 3 is 2.85 bits per heavy atom. The monoisotopic (exact) mass is 400 g/mol. The number of aromatic nitrogens is 2. The van der Waals surface area contributed by atoms with Crippen LogP contribution in [0, 0.1) is 0 Å². The van der Waals surface area contributed by atoms with Gasteiger partial charge in [0.05, 0.1) is 0 Å². The fraction of sp³-hybridized carbons (Fsp3) is 0.211. The molecular formula is C19H17ClN4O2S. The number of halogens is 1. The molecule has 0 atom stereocenters. The molecule has 0 radical (unpaired) electrons. The highest BCUT2D eigenvalue weighted by Gasteiger charge is 2.24. The molecule has 3 aromatic rings. The Hall–Kier alpha value is -2.64. The number of urea groups is 1. The zero-order valence-corrected chi connectivity index (χ0v) is 16.1. The van der Waals surface area contributed by atoms with Gasteiger partial charge in [-0.05, 0) is 54.7 Å². The maximum atomic E-state index is 12.5. The Morgan fingerprint density at radius 1 is 1.26 bits per heavy atom. The predicted molar refractivity (Wildman–Crippen MR) is 107 cm³/mol. The van der Waals surface area contributed by atoms with E-state index >= 15 is 0 Å². The zero-order valence-electron chi connectivity index (χ0n) is 14.6. The van der Waals surface area contributed by atoms with E-state index in [4.69, 9.17) is 16.3 Å². The second kappa shape index (κ2) is 7.54. The number of nitrogens with zero attached hydrogens (tertiary/aromatic N) is 3. The third kappa shape index (κ3) is 4.37. The van der Waals surface area contributed by atoms with Gasteiger partial charge in [-0.3, -0.25) is 10.2 Å². The zero-order chi connectivity index (χ0) is 18.8. The van der Waals surface area contributed by atoms with Gasteiger partial charge < -0.3 is 4.74 Å². The van der Waals surface area contributed by atoms with E-state index in [0.29, 0.717) is 21.8 Å². The molecule has 1 aromatic heterocycles. The van der Waals surface area contributed by atoms with Crippen molar-refractivity contribution >= 4 is 40.0 Å². The molecule has 138 valence electrons. The van der Waals surface area contributed by atoms with Crippen LogP contribution in [0.25, 0.3) is 0 Å². The number of amides is 2. The Balaban J connectivity index is 1.40. The fourth-order valence-electron chi connectivity index (χ4n) is 2.63. The van der Waals surface area contributed by atoms with E-state index < -0.39 is 0 Å². The van der Waals surface area contributed by atoms with E-state index in [9.17, 15) is 4.79 Å². The SMILES string of the molecule is CN(C(=O)Nc1nc(Oc2cccc(Cl)c2)ns1)c1cccc(C2CC2)c1. The van der Waals surface area contributed by atoms with Crippen LogP contribution in [0.5, 0.6) is 11.8 Å². The number of ether oxygens (including phenoxy) is 1. The summed E-state index contributed by atoms with van der Waals surface area (Å²) in [6.45, 7) is 0. The van der Waals surface area contributed by atoms with Gasteiger partial charge in [-0.15, -0.1) is 4.37 Å². The third-order valence-corrected chi connectivity index (χ3v) is 5.09. The Bertz CT molecular complexity index is 974. The van der Waals surface area contributed by atoms with Gasteiger partial charge in [-0.1, -0.05) is 29.8 Å². The highest BCUT2D eigenvalue weighted by molar-refractivity contribution is 7.10. The van der Waals surface area contributed by atoms with Crippen LogP contribution in [0.2, 0.25) is 5.02 Å². The van der Waals surface area contributed by atoms with Gasteiger partial charge in [0.15, 0.2) is 0 Å². The molecule has 0 spiro atoms. The van der Waals surface area contributed by atoms with Crippen LogP contribution in [-0.4, -0.2) is 22.4 Å². The Morgan fingerprint density at radius 2 is 2.07 bits per heavy atom. The van der Waals surface area contributed by atoms with Crippen LogP contribution in [0.4, 0.5) is 15.6 Å². The molecule has 0 saturated heterocycles. The molecule has 6 nitrogen and oxygen atoms in total. The lowest BCUT2D eigenvalue weighted by Gasteiger charge is -2.17. The van der Waals surface area contributed by atoms with Crippen molar-refractivity contribution in [2.45, 2.75) is 18.8 Å². The van der Waals surface area contributed by atoms with Crippen molar-refractivity contribution in [1.29, 1.82) is 0 Å². The van der Waals surface area contributed by atoms with Crippen molar-refractivity contribution in [3.63, 3.8) is 0 Å². The van der Waals surface area contributed by atoms with E-state index in [1.165, 1.54) is 18.4 Å². The van der Waals surface area contributed by atoms with Crippen LogP contribution >= 0.6 is 23.1 Å². The summed E-state index contributed by atoms with van der Waals surface area (Å²) in [5.41, 5.74) is 2.12. The van der Waals surface area contributed by atoms with Gasteiger partial charge in [-0.2, -0.15) is 4.98 Å². The maximum absolute atomic E-state index is 12.5. The first-order chi connectivity index (χ1) is 13.1. The number of rotatable bonds is 5. The smallest absolute Gasteiger partial charge is 0.335 e. The molecule has 2 aromatic carbocycles. The van der Waals surface area contributed by atoms with Crippen LogP contribution in [0.15, 0.2) is 48.5 Å². The molecule has 2 amide bonds. The van der Waals surface area contributed by atoms with E-state index in [1.54, 1.807) is 36.2 Å². The van der Waals surface area contributed by atoms with Crippen molar-refractivity contribution in [3.05, 3.63) is 59.1 Å². The predicted octanol–water partition coefficient (Wildman–Crippen LogP) is 5.53. The van der Waals surface area contributed by atoms with E-state index in [-0.39, 0.29) is 12.0 Å². The van der Waals surface area contributed by atoms with Gasteiger partial charge in [0.25, 0.3) is 0 Å². The minimum absolute atomic E-state index is 0.163. The number of benzene rings is 2. The molecule has 1 aliphatic rings. The Kier molecular flexibility index (Phi) is 4.96. The average molecular weight is 401 g/mol.